The summed E-state index contributed by atoms with van der Waals surface area (Å²) in [5.74, 6) is -0.455. The number of ether oxygens (including phenoxy) is 2. The van der Waals surface area contributed by atoms with E-state index in [0.717, 1.165) is 11.8 Å². The number of halogens is 1. The van der Waals surface area contributed by atoms with Gasteiger partial charge in [-0.1, -0.05) is 12.1 Å². The first kappa shape index (κ1) is 29.4. The van der Waals surface area contributed by atoms with Crippen LogP contribution in [-0.4, -0.2) is 76.9 Å². The number of benzene rings is 2. The van der Waals surface area contributed by atoms with E-state index >= 15 is 0 Å². The molecule has 2 unspecified atom stereocenters. The maximum absolute atomic E-state index is 14.8. The molecule has 210 valence electrons. The van der Waals surface area contributed by atoms with Crippen molar-refractivity contribution < 1.29 is 47.3 Å². The zero-order valence-corrected chi connectivity index (χ0v) is 23.1. The van der Waals surface area contributed by atoms with Gasteiger partial charge in [0.05, 0.1) is 37.7 Å². The molecule has 16 heteroatoms. The van der Waals surface area contributed by atoms with E-state index in [1.54, 1.807) is 24.3 Å². The minimum absolute atomic E-state index is 0.0357. The van der Waals surface area contributed by atoms with Crippen LogP contribution >= 0.6 is 27.4 Å². The Bertz CT molecular complexity index is 1270. The molecule has 0 aliphatic carbocycles. The van der Waals surface area contributed by atoms with Crippen molar-refractivity contribution in [2.45, 2.75) is 22.8 Å². The van der Waals surface area contributed by atoms with Crippen LogP contribution < -0.4 is 15.1 Å². The first-order valence-electron chi connectivity index (χ1n) is 11.9. The number of carbonyl (C=O) groups is 2. The Morgan fingerprint density at radius 3 is 2.51 bits per heavy atom. The Kier molecular flexibility index (Phi) is 9.60. The highest BCUT2D eigenvalue weighted by molar-refractivity contribution is 8.13. The van der Waals surface area contributed by atoms with E-state index in [1.165, 1.54) is 23.1 Å². The molecular formula is C23H27FN3O9P2S+. The van der Waals surface area contributed by atoms with Gasteiger partial charge in [0.15, 0.2) is 0 Å². The summed E-state index contributed by atoms with van der Waals surface area (Å²) >= 11 is 0.854. The number of carbonyl (C=O) groups excluding carboxylic acids is 2. The van der Waals surface area contributed by atoms with Gasteiger partial charge in [-0.05, 0) is 52.2 Å². The maximum atomic E-state index is 14.8. The monoisotopic (exact) mass is 602 g/mol. The first-order valence-corrected chi connectivity index (χ1v) is 15.6. The average molecular weight is 602 g/mol. The number of thioether (sulfide) groups is 1. The fraction of sp³-hybridized carbons (Fsp3) is 0.391. The molecule has 2 fully saturated rings. The molecule has 4 N–H and O–H groups in total. The number of rotatable bonds is 9. The van der Waals surface area contributed by atoms with E-state index in [0.29, 0.717) is 48.1 Å². The van der Waals surface area contributed by atoms with Crippen molar-refractivity contribution in [1.82, 2.24) is 5.32 Å². The number of nitrogens with one attached hydrogen (secondary N) is 1. The Morgan fingerprint density at radius 1 is 1.21 bits per heavy atom. The number of anilines is 2. The highest BCUT2D eigenvalue weighted by Crippen LogP contribution is 2.53. The van der Waals surface area contributed by atoms with Crippen LogP contribution in [0.2, 0.25) is 0 Å². The van der Waals surface area contributed by atoms with Gasteiger partial charge in [0.25, 0.3) is 10.6 Å². The van der Waals surface area contributed by atoms with Gasteiger partial charge in [-0.25, -0.2) is 9.18 Å². The molecule has 4 rings (SSSR count). The molecule has 2 heterocycles. The molecule has 0 radical (unpaired) electrons. The van der Waals surface area contributed by atoms with Crippen LogP contribution in [0.15, 0.2) is 47.4 Å². The summed E-state index contributed by atoms with van der Waals surface area (Å²) in [6.07, 6.45) is -1.58. The Labute approximate surface area is 228 Å². The van der Waals surface area contributed by atoms with E-state index in [4.69, 9.17) is 9.47 Å². The standard InChI is InChI=1S/C23H26FN3O9P2S/c24-19-12-16(3-6-20(19)26-7-9-35-10-8-26)27-14-17(36-23(27)29)13-25-22(28)39-18-4-1-15(2-5-18)11-21(37(30)31)38(32,33)34/h1-6,12,17,21H,7-11,13-14H2,(H3-,25,28,30,31,32,33,34)/p+1/t17-,21?/m0/s1. The number of morpholine rings is 1. The number of amides is 2. The normalized spacial score (nSPS) is 19.0. The number of hydrogen-bond donors (Lipinski definition) is 4. The van der Waals surface area contributed by atoms with Crippen molar-refractivity contribution in [1.29, 1.82) is 0 Å². The second-order valence-electron chi connectivity index (χ2n) is 8.84. The molecule has 0 spiro atoms. The highest BCUT2D eigenvalue weighted by atomic mass is 32.2. The molecular weight excluding hydrogens is 575 g/mol. The molecule has 2 aromatic carbocycles. The van der Waals surface area contributed by atoms with E-state index < -0.39 is 44.3 Å². The topological polar surface area (TPSA) is 166 Å². The largest absolute Gasteiger partial charge is 0.522 e. The quantitative estimate of drug-likeness (QED) is 0.246. The van der Waals surface area contributed by atoms with Crippen LogP contribution in [-0.2, 0) is 25.0 Å². The smallest absolute Gasteiger partial charge is 0.442 e. The summed E-state index contributed by atoms with van der Waals surface area (Å²) in [7, 11) is -7.84. The third-order valence-electron chi connectivity index (χ3n) is 6.14. The van der Waals surface area contributed by atoms with Gasteiger partial charge >= 0.3 is 21.7 Å². The van der Waals surface area contributed by atoms with E-state index in [1.807, 2.05) is 4.90 Å². The lowest BCUT2D eigenvalue weighted by Gasteiger charge is -2.29. The number of nitrogens with zero attached hydrogens (tertiary/aromatic N) is 2. The number of hydrogen-bond acceptors (Lipinski definition) is 8. The molecule has 0 aromatic heterocycles. The molecule has 0 bridgehead atoms. The van der Waals surface area contributed by atoms with Crippen molar-refractivity contribution >= 4 is 50.1 Å². The van der Waals surface area contributed by atoms with Crippen molar-refractivity contribution in [3.63, 3.8) is 0 Å². The molecule has 12 nitrogen and oxygen atoms in total. The first-order chi connectivity index (χ1) is 18.5. The summed E-state index contributed by atoms with van der Waals surface area (Å²) in [6.45, 7) is 2.36. The Hall–Kier alpha value is -2.57. The van der Waals surface area contributed by atoms with Crippen molar-refractivity contribution in [2.24, 2.45) is 0 Å². The lowest BCUT2D eigenvalue weighted by Crippen LogP contribution is -2.36. The molecule has 2 aliphatic heterocycles. The van der Waals surface area contributed by atoms with Crippen LogP contribution in [0.3, 0.4) is 0 Å². The molecule has 2 amide bonds. The zero-order valence-electron chi connectivity index (χ0n) is 20.5. The van der Waals surface area contributed by atoms with Gasteiger partial charge in [0.1, 0.15) is 11.9 Å². The molecule has 2 saturated heterocycles. The SMILES string of the molecule is O=C(NC[C@H]1CN(c2ccc(N3CCOCC3)c(F)c2)C(=O)O1)Sc1ccc(CC([P+](=O)O)P(=O)(O)O)cc1. The third kappa shape index (κ3) is 7.76. The minimum Gasteiger partial charge on any atom is -0.442 e. The predicted octanol–water partition coefficient (Wildman–Crippen LogP) is 3.27. The molecule has 0 saturated carbocycles. The van der Waals surface area contributed by atoms with E-state index in [-0.39, 0.29) is 19.5 Å². The minimum atomic E-state index is -4.76. The van der Waals surface area contributed by atoms with Crippen molar-refractivity contribution in [3.05, 3.63) is 53.8 Å². The fourth-order valence-electron chi connectivity index (χ4n) is 4.13. The fourth-order valence-corrected chi connectivity index (χ4v) is 6.62. The zero-order chi connectivity index (χ0) is 28.2. The predicted molar refractivity (Wildman–Crippen MR) is 142 cm³/mol. The van der Waals surface area contributed by atoms with Gasteiger partial charge < -0.3 is 29.5 Å². The molecule has 39 heavy (non-hydrogen) atoms. The van der Waals surface area contributed by atoms with Crippen LogP contribution in [0.1, 0.15) is 5.56 Å². The molecule has 2 aliphatic rings. The van der Waals surface area contributed by atoms with Crippen molar-refractivity contribution in [2.75, 3.05) is 49.2 Å². The summed E-state index contributed by atoms with van der Waals surface area (Å²) < 4.78 is 48.1. The molecule has 2 aromatic rings. The van der Waals surface area contributed by atoms with Gasteiger partial charge in [0.2, 0.25) is 0 Å². The van der Waals surface area contributed by atoms with Gasteiger partial charge in [0, 0.05) is 24.4 Å². The summed E-state index contributed by atoms with van der Waals surface area (Å²) in [5.41, 5.74) is 1.22. The lowest BCUT2D eigenvalue weighted by atomic mass is 10.2. The van der Waals surface area contributed by atoms with E-state index in [2.05, 4.69) is 5.32 Å². The second-order valence-corrected chi connectivity index (χ2v) is 13.3. The number of cyclic esters (lactones) is 1. The summed E-state index contributed by atoms with van der Waals surface area (Å²) in [4.78, 5) is 56.2. The lowest BCUT2D eigenvalue weighted by molar-refractivity contribution is 0.122. The second kappa shape index (κ2) is 12.7. The third-order valence-corrected chi connectivity index (χ3v) is 10.1. The van der Waals surface area contributed by atoms with Crippen LogP contribution in [0.5, 0.6) is 0 Å². The van der Waals surface area contributed by atoms with Crippen LogP contribution in [0, 0.1) is 5.82 Å². The summed E-state index contributed by atoms with van der Waals surface area (Å²) in [6, 6.07) is 10.7. The van der Waals surface area contributed by atoms with Crippen LogP contribution in [0.25, 0.3) is 0 Å². The Balaban J connectivity index is 1.27. The highest BCUT2D eigenvalue weighted by Gasteiger charge is 2.45. The van der Waals surface area contributed by atoms with Gasteiger partial charge in [-0.15, -0.1) is 0 Å². The molecule has 3 atom stereocenters. The van der Waals surface area contributed by atoms with Gasteiger partial charge in [-0.2, -0.15) is 4.89 Å². The Morgan fingerprint density at radius 2 is 1.90 bits per heavy atom. The van der Waals surface area contributed by atoms with Crippen LogP contribution in [0.4, 0.5) is 25.4 Å². The summed E-state index contributed by atoms with van der Waals surface area (Å²) in [5, 5.41) is 0.531. The average Bonchev–Trinajstić information content (AvgIpc) is 3.27. The van der Waals surface area contributed by atoms with Crippen molar-refractivity contribution in [3.8, 4) is 0 Å². The van der Waals surface area contributed by atoms with E-state index in [9.17, 15) is 37.8 Å². The van der Waals surface area contributed by atoms with Gasteiger partial charge in [-0.3, -0.25) is 14.3 Å². The maximum Gasteiger partial charge on any atom is 0.522 e.